The molecule has 0 aliphatic carbocycles. The average molecular weight is 425 g/mol. The summed E-state index contributed by atoms with van der Waals surface area (Å²) in [4.78, 5) is 11.1. The van der Waals surface area contributed by atoms with Crippen LogP contribution in [0.1, 0.15) is 19.8 Å². The molecule has 4 N–H and O–H groups in total. The molecule has 0 saturated carbocycles. The molecule has 2 aromatic rings. The highest BCUT2D eigenvalue weighted by molar-refractivity contribution is 6.43. The van der Waals surface area contributed by atoms with Gasteiger partial charge in [0.05, 0.1) is 16.2 Å². The third kappa shape index (κ3) is 4.80. The Labute approximate surface area is 169 Å². The van der Waals surface area contributed by atoms with Crippen molar-refractivity contribution < 1.29 is 0 Å². The Bertz CT molecular complexity index is 728. The van der Waals surface area contributed by atoms with Gasteiger partial charge in [-0.05, 0) is 25.8 Å². The summed E-state index contributed by atoms with van der Waals surface area (Å²) in [6.45, 7) is 3.77. The van der Waals surface area contributed by atoms with Gasteiger partial charge in [-0.25, -0.2) is 9.97 Å². The van der Waals surface area contributed by atoms with Crippen LogP contribution >= 0.6 is 48.0 Å². The number of halogens is 4. The number of nitrogen functional groups attached to an aromatic ring is 1. The zero-order valence-corrected chi connectivity index (χ0v) is 16.9. The molecular formula is C16H21Cl4N5. The van der Waals surface area contributed by atoms with Crippen molar-refractivity contribution in [2.24, 2.45) is 5.73 Å². The Morgan fingerprint density at radius 1 is 1.16 bits per heavy atom. The van der Waals surface area contributed by atoms with E-state index < -0.39 is 0 Å². The Hall–Kier alpha value is -0.980. The van der Waals surface area contributed by atoms with Crippen LogP contribution in [0.15, 0.2) is 24.4 Å². The Kier molecular flexibility index (Phi) is 7.59. The second kappa shape index (κ2) is 8.60. The third-order valence-corrected chi connectivity index (χ3v) is 5.04. The van der Waals surface area contributed by atoms with Crippen LogP contribution in [-0.2, 0) is 0 Å². The number of nitrogens with two attached hydrogens (primary N) is 2. The van der Waals surface area contributed by atoms with Gasteiger partial charge in [0.2, 0.25) is 0 Å². The van der Waals surface area contributed by atoms with Crippen LogP contribution in [0.4, 0.5) is 11.6 Å². The van der Waals surface area contributed by atoms with Gasteiger partial charge in [-0.1, -0.05) is 35.3 Å². The minimum Gasteiger partial charge on any atom is -0.382 e. The van der Waals surface area contributed by atoms with Crippen molar-refractivity contribution in [2.45, 2.75) is 25.3 Å². The summed E-state index contributed by atoms with van der Waals surface area (Å²) >= 11 is 12.3. The maximum Gasteiger partial charge on any atom is 0.152 e. The first-order valence-electron chi connectivity index (χ1n) is 7.48. The molecule has 1 saturated heterocycles. The second-order valence-corrected chi connectivity index (χ2v) is 6.99. The minimum atomic E-state index is -0.107. The number of hydrogen-bond donors (Lipinski definition) is 2. The summed E-state index contributed by atoms with van der Waals surface area (Å²) in [7, 11) is 0. The maximum atomic E-state index is 6.24. The van der Waals surface area contributed by atoms with E-state index in [9.17, 15) is 0 Å². The molecule has 1 fully saturated rings. The Balaban J connectivity index is 0.00000156. The molecular weight excluding hydrogens is 404 g/mol. The number of aromatic nitrogens is 2. The summed E-state index contributed by atoms with van der Waals surface area (Å²) in [6, 6.07) is 5.36. The van der Waals surface area contributed by atoms with Gasteiger partial charge in [-0.2, -0.15) is 0 Å². The molecule has 1 aliphatic heterocycles. The fourth-order valence-electron chi connectivity index (χ4n) is 2.69. The molecule has 9 heteroatoms. The molecule has 2 heterocycles. The Morgan fingerprint density at radius 2 is 1.80 bits per heavy atom. The summed E-state index contributed by atoms with van der Waals surface area (Å²) in [5, 5.41) is 0.896. The number of anilines is 2. The van der Waals surface area contributed by atoms with Crippen molar-refractivity contribution in [2.75, 3.05) is 23.7 Å². The van der Waals surface area contributed by atoms with E-state index in [0.717, 1.165) is 31.7 Å². The number of hydrogen-bond acceptors (Lipinski definition) is 5. The van der Waals surface area contributed by atoms with Crippen LogP contribution in [0.3, 0.4) is 0 Å². The first-order valence-corrected chi connectivity index (χ1v) is 8.24. The molecule has 0 unspecified atom stereocenters. The van der Waals surface area contributed by atoms with Crippen LogP contribution in [0, 0.1) is 0 Å². The summed E-state index contributed by atoms with van der Waals surface area (Å²) in [5.74, 6) is 1.10. The molecule has 1 aliphatic rings. The summed E-state index contributed by atoms with van der Waals surface area (Å²) in [6.07, 6.45) is 3.55. The highest BCUT2D eigenvalue weighted by Crippen LogP contribution is 2.35. The second-order valence-electron chi connectivity index (χ2n) is 6.20. The minimum absolute atomic E-state index is 0. The van der Waals surface area contributed by atoms with Gasteiger partial charge < -0.3 is 16.4 Å². The first-order chi connectivity index (χ1) is 10.9. The lowest BCUT2D eigenvalue weighted by atomic mass is 9.91. The molecule has 1 aromatic carbocycles. The van der Waals surface area contributed by atoms with E-state index in [-0.39, 0.29) is 30.4 Å². The summed E-state index contributed by atoms with van der Waals surface area (Å²) < 4.78 is 0. The topological polar surface area (TPSA) is 81.1 Å². The lowest BCUT2D eigenvalue weighted by Gasteiger charge is -2.37. The van der Waals surface area contributed by atoms with E-state index in [1.54, 1.807) is 12.3 Å². The fraction of sp³-hybridized carbons (Fsp3) is 0.375. The van der Waals surface area contributed by atoms with Gasteiger partial charge in [0.1, 0.15) is 11.5 Å². The number of nitrogens with zero attached hydrogens (tertiary/aromatic N) is 3. The fourth-order valence-corrected chi connectivity index (χ4v) is 3.08. The Morgan fingerprint density at radius 3 is 2.40 bits per heavy atom. The average Bonchev–Trinajstić information content (AvgIpc) is 2.50. The molecule has 25 heavy (non-hydrogen) atoms. The lowest BCUT2D eigenvalue weighted by molar-refractivity contribution is 0.363. The van der Waals surface area contributed by atoms with Crippen LogP contribution in [-0.4, -0.2) is 28.6 Å². The van der Waals surface area contributed by atoms with Crippen LogP contribution in [0.25, 0.3) is 11.3 Å². The van der Waals surface area contributed by atoms with Gasteiger partial charge in [0.25, 0.3) is 0 Å². The zero-order valence-electron chi connectivity index (χ0n) is 13.7. The largest absolute Gasteiger partial charge is 0.382 e. The van der Waals surface area contributed by atoms with Gasteiger partial charge in [0.15, 0.2) is 5.82 Å². The van der Waals surface area contributed by atoms with Crippen LogP contribution < -0.4 is 16.4 Å². The van der Waals surface area contributed by atoms with E-state index in [0.29, 0.717) is 27.1 Å². The van der Waals surface area contributed by atoms with Crippen molar-refractivity contribution in [3.05, 3.63) is 34.4 Å². The SMILES string of the molecule is CC1(N)CCN(c2cnc(-c3cccc(Cl)c3Cl)c(N)n2)CC1.Cl.Cl. The van der Waals surface area contributed by atoms with Gasteiger partial charge >= 0.3 is 0 Å². The van der Waals surface area contributed by atoms with Crippen molar-refractivity contribution >= 4 is 59.7 Å². The molecule has 0 atom stereocenters. The number of rotatable bonds is 2. The normalized spacial score (nSPS) is 15.9. The molecule has 0 radical (unpaired) electrons. The predicted molar refractivity (Wildman–Crippen MR) is 110 cm³/mol. The van der Waals surface area contributed by atoms with Crippen LogP contribution in [0.5, 0.6) is 0 Å². The molecule has 3 rings (SSSR count). The molecule has 138 valence electrons. The molecule has 0 bridgehead atoms. The van der Waals surface area contributed by atoms with E-state index in [1.807, 2.05) is 12.1 Å². The summed E-state index contributed by atoms with van der Waals surface area (Å²) in [5.41, 5.74) is 13.4. The van der Waals surface area contributed by atoms with Crippen molar-refractivity contribution in [3.63, 3.8) is 0 Å². The molecule has 0 spiro atoms. The predicted octanol–water partition coefficient (Wildman–Crippen LogP) is 4.19. The van der Waals surface area contributed by atoms with Gasteiger partial charge in [-0.3, -0.25) is 0 Å². The smallest absolute Gasteiger partial charge is 0.152 e. The highest BCUT2D eigenvalue weighted by atomic mass is 35.5. The molecule has 1 aromatic heterocycles. The van der Waals surface area contributed by atoms with Crippen molar-refractivity contribution in [3.8, 4) is 11.3 Å². The van der Waals surface area contributed by atoms with E-state index in [4.69, 9.17) is 34.7 Å². The molecule has 0 amide bonds. The van der Waals surface area contributed by atoms with E-state index >= 15 is 0 Å². The highest BCUT2D eigenvalue weighted by Gasteiger charge is 2.27. The van der Waals surface area contributed by atoms with Crippen molar-refractivity contribution in [1.29, 1.82) is 0 Å². The maximum absolute atomic E-state index is 6.24. The zero-order chi connectivity index (χ0) is 16.6. The van der Waals surface area contributed by atoms with Gasteiger partial charge in [0, 0.05) is 24.2 Å². The first kappa shape index (κ1) is 22.1. The monoisotopic (exact) mass is 423 g/mol. The van der Waals surface area contributed by atoms with Gasteiger partial charge in [-0.15, -0.1) is 24.8 Å². The third-order valence-electron chi connectivity index (χ3n) is 4.22. The number of benzene rings is 1. The lowest BCUT2D eigenvalue weighted by Crippen LogP contribution is -2.48. The van der Waals surface area contributed by atoms with E-state index in [2.05, 4.69) is 21.8 Å². The van der Waals surface area contributed by atoms with Crippen LogP contribution in [0.2, 0.25) is 10.0 Å². The van der Waals surface area contributed by atoms with E-state index in [1.165, 1.54) is 0 Å². The standard InChI is InChI=1S/C16H19Cl2N5.2ClH/c1-16(20)5-7-23(8-6-16)12-9-21-14(15(19)22-12)10-3-2-4-11(17)13(10)18;;/h2-4,9H,5-8,20H2,1H3,(H2,19,22);2*1H. The van der Waals surface area contributed by atoms with Crippen molar-refractivity contribution in [1.82, 2.24) is 9.97 Å². The number of piperidine rings is 1. The quantitative estimate of drug-likeness (QED) is 0.754. The molecule has 5 nitrogen and oxygen atoms in total.